The summed E-state index contributed by atoms with van der Waals surface area (Å²) in [6.07, 6.45) is 2.95. The Morgan fingerprint density at radius 3 is 2.50 bits per heavy atom. The molecule has 0 bridgehead atoms. The minimum absolute atomic E-state index is 0.0595. The Bertz CT molecular complexity index is 1140. The summed E-state index contributed by atoms with van der Waals surface area (Å²) in [4.78, 5) is 29.4. The monoisotopic (exact) mass is 413 g/mol. The predicted octanol–water partition coefficient (Wildman–Crippen LogP) is 4.40. The molecule has 5 nitrogen and oxygen atoms in total. The molecule has 0 saturated carbocycles. The molecule has 4 rings (SSSR count). The van der Waals surface area contributed by atoms with E-state index in [2.05, 4.69) is 16.4 Å². The number of fused-ring (bicyclic) bond motifs is 1. The largest absolute Gasteiger partial charge is 0.325 e. The number of amides is 1. The summed E-state index contributed by atoms with van der Waals surface area (Å²) in [5.41, 5.74) is 4.52. The number of benzene rings is 2. The summed E-state index contributed by atoms with van der Waals surface area (Å²) in [7, 11) is 0. The van der Waals surface area contributed by atoms with Crippen LogP contribution in [0.3, 0.4) is 0 Å². The van der Waals surface area contributed by atoms with Crippen LogP contribution in [0.2, 0.25) is 0 Å². The van der Waals surface area contributed by atoms with E-state index in [4.69, 9.17) is 0 Å². The molecule has 6 heteroatoms. The normalized spacial score (nSPS) is 12.1. The van der Waals surface area contributed by atoms with Crippen molar-refractivity contribution >= 4 is 29.1 Å². The quantitative estimate of drug-likeness (QED) is 0.478. The van der Waals surface area contributed by atoms with Gasteiger partial charge in [0.25, 0.3) is 0 Å². The van der Waals surface area contributed by atoms with Gasteiger partial charge in [0, 0.05) is 22.5 Å². The molecule has 1 amide bonds. The second kappa shape index (κ2) is 8.93. The maximum Gasteiger partial charge on any atom is 0.234 e. The average molecular weight is 414 g/mol. The molecular weight excluding hydrogens is 394 g/mol. The Hall–Kier alpha value is -3.43. The van der Waals surface area contributed by atoms with Crippen LogP contribution in [-0.4, -0.2) is 22.4 Å². The molecule has 1 N–H and O–H groups in total. The van der Waals surface area contributed by atoms with Gasteiger partial charge in [-0.05, 0) is 55.2 Å². The smallest absolute Gasteiger partial charge is 0.234 e. The van der Waals surface area contributed by atoms with E-state index in [9.17, 15) is 14.9 Å². The first-order chi connectivity index (χ1) is 14.6. The van der Waals surface area contributed by atoms with Crippen molar-refractivity contribution in [2.75, 3.05) is 11.1 Å². The Morgan fingerprint density at radius 1 is 1.03 bits per heavy atom. The Kier molecular flexibility index (Phi) is 5.92. The fourth-order valence-electron chi connectivity index (χ4n) is 3.44. The van der Waals surface area contributed by atoms with Gasteiger partial charge >= 0.3 is 0 Å². The van der Waals surface area contributed by atoms with E-state index in [1.54, 1.807) is 36.4 Å². The molecule has 2 aromatic carbocycles. The van der Waals surface area contributed by atoms with Crippen LogP contribution in [0.4, 0.5) is 5.69 Å². The summed E-state index contributed by atoms with van der Waals surface area (Å²) in [6.45, 7) is 0. The molecule has 0 unspecified atom stereocenters. The number of anilines is 1. The minimum atomic E-state index is -0.187. The fraction of sp³-hybridized carbons (Fsp3) is 0.167. The lowest BCUT2D eigenvalue weighted by atomic mass is 10.0. The number of ketones is 1. The number of hydrogen-bond acceptors (Lipinski definition) is 5. The number of nitrogens with one attached hydrogen (secondary N) is 1. The van der Waals surface area contributed by atoms with E-state index in [1.165, 1.54) is 11.8 Å². The zero-order valence-electron chi connectivity index (χ0n) is 16.2. The van der Waals surface area contributed by atoms with E-state index in [0.717, 1.165) is 30.5 Å². The maximum absolute atomic E-state index is 12.5. The summed E-state index contributed by atoms with van der Waals surface area (Å²) in [5, 5.41) is 12.8. The molecule has 0 atom stereocenters. The number of nitrogens with zero attached hydrogens (tertiary/aromatic N) is 2. The van der Waals surface area contributed by atoms with Crippen molar-refractivity contribution < 1.29 is 9.59 Å². The Morgan fingerprint density at radius 2 is 1.77 bits per heavy atom. The van der Waals surface area contributed by atoms with Gasteiger partial charge in [0.2, 0.25) is 5.91 Å². The number of pyridine rings is 1. The number of rotatable bonds is 6. The van der Waals surface area contributed by atoms with E-state index in [-0.39, 0.29) is 17.4 Å². The molecule has 1 aliphatic rings. The minimum Gasteiger partial charge on any atom is -0.325 e. The van der Waals surface area contributed by atoms with Gasteiger partial charge in [-0.15, -0.1) is 0 Å². The van der Waals surface area contributed by atoms with Gasteiger partial charge in [-0.2, -0.15) is 5.26 Å². The van der Waals surface area contributed by atoms with E-state index < -0.39 is 0 Å². The van der Waals surface area contributed by atoms with Crippen molar-refractivity contribution in [1.82, 2.24) is 4.98 Å². The first-order valence-corrected chi connectivity index (χ1v) is 10.7. The lowest BCUT2D eigenvalue weighted by Gasteiger charge is -2.08. The molecule has 3 aromatic rings. The highest BCUT2D eigenvalue weighted by Gasteiger charge is 2.17. The lowest BCUT2D eigenvalue weighted by molar-refractivity contribution is -0.113. The van der Waals surface area contributed by atoms with Crippen LogP contribution in [-0.2, 0) is 17.6 Å². The Labute approximate surface area is 179 Å². The summed E-state index contributed by atoms with van der Waals surface area (Å²) in [5.74, 6) is -0.0883. The van der Waals surface area contributed by atoms with Gasteiger partial charge in [-0.25, -0.2) is 4.98 Å². The van der Waals surface area contributed by atoms with E-state index >= 15 is 0 Å². The predicted molar refractivity (Wildman–Crippen MR) is 117 cm³/mol. The molecule has 0 spiro atoms. The molecule has 0 saturated heterocycles. The van der Waals surface area contributed by atoms with Crippen LogP contribution < -0.4 is 5.32 Å². The van der Waals surface area contributed by atoms with E-state index in [0.29, 0.717) is 27.4 Å². The van der Waals surface area contributed by atoms with Crippen molar-refractivity contribution in [1.29, 1.82) is 5.26 Å². The molecule has 0 fully saturated rings. The van der Waals surface area contributed by atoms with Gasteiger partial charge in [0.05, 0.1) is 11.3 Å². The van der Waals surface area contributed by atoms with Crippen molar-refractivity contribution in [3.63, 3.8) is 0 Å². The Balaban J connectivity index is 1.37. The topological polar surface area (TPSA) is 82.8 Å². The highest BCUT2D eigenvalue weighted by atomic mass is 32.2. The van der Waals surface area contributed by atoms with Crippen molar-refractivity contribution in [2.45, 2.75) is 24.3 Å². The van der Waals surface area contributed by atoms with Crippen LogP contribution in [0.25, 0.3) is 0 Å². The van der Waals surface area contributed by atoms with Gasteiger partial charge in [0.15, 0.2) is 5.78 Å². The second-order valence-electron chi connectivity index (χ2n) is 7.02. The standard InChI is InChI=1S/C24H19N3O2S/c25-14-19-13-18-7-4-8-21(18)27-24(19)30-15-22(28)26-20-11-9-17(10-12-20)23(29)16-5-2-1-3-6-16/h1-3,5-6,9-13H,4,7-8,15H2,(H,26,28). The number of aromatic nitrogens is 1. The van der Waals surface area contributed by atoms with Crippen molar-refractivity contribution in [3.8, 4) is 6.07 Å². The molecule has 1 aromatic heterocycles. The van der Waals surface area contributed by atoms with E-state index in [1.807, 2.05) is 24.3 Å². The third kappa shape index (κ3) is 4.42. The molecule has 30 heavy (non-hydrogen) atoms. The number of thioether (sulfide) groups is 1. The average Bonchev–Trinajstić information content (AvgIpc) is 3.25. The van der Waals surface area contributed by atoms with Crippen molar-refractivity contribution in [3.05, 3.63) is 88.6 Å². The van der Waals surface area contributed by atoms with Crippen LogP contribution >= 0.6 is 11.8 Å². The van der Waals surface area contributed by atoms with Gasteiger partial charge in [-0.1, -0.05) is 42.1 Å². The van der Waals surface area contributed by atoms with Gasteiger partial charge < -0.3 is 5.32 Å². The van der Waals surface area contributed by atoms with Crippen LogP contribution in [0, 0.1) is 11.3 Å². The van der Waals surface area contributed by atoms with Crippen molar-refractivity contribution in [2.24, 2.45) is 0 Å². The maximum atomic E-state index is 12.5. The third-order valence-corrected chi connectivity index (χ3v) is 5.93. The molecule has 1 aliphatic carbocycles. The van der Waals surface area contributed by atoms with Crippen LogP contribution in [0.1, 0.15) is 39.2 Å². The third-order valence-electron chi connectivity index (χ3n) is 4.94. The highest BCUT2D eigenvalue weighted by molar-refractivity contribution is 8.00. The molecular formula is C24H19N3O2S. The molecule has 1 heterocycles. The van der Waals surface area contributed by atoms with Gasteiger partial charge in [-0.3, -0.25) is 9.59 Å². The summed E-state index contributed by atoms with van der Waals surface area (Å²) >= 11 is 1.27. The summed E-state index contributed by atoms with van der Waals surface area (Å²) < 4.78 is 0. The first kappa shape index (κ1) is 19.9. The first-order valence-electron chi connectivity index (χ1n) is 9.69. The highest BCUT2D eigenvalue weighted by Crippen LogP contribution is 2.28. The van der Waals surface area contributed by atoms with Crippen LogP contribution in [0.5, 0.6) is 0 Å². The molecule has 148 valence electrons. The zero-order valence-corrected chi connectivity index (χ0v) is 17.0. The number of carbonyl (C=O) groups excluding carboxylic acids is 2. The molecule has 0 aliphatic heterocycles. The zero-order chi connectivity index (χ0) is 20.9. The SMILES string of the molecule is N#Cc1cc2c(nc1SCC(=O)Nc1ccc(C(=O)c3ccccc3)cc1)CCC2. The number of nitriles is 1. The molecule has 0 radical (unpaired) electrons. The number of carbonyl (C=O) groups is 2. The summed E-state index contributed by atoms with van der Waals surface area (Å²) in [6, 6.07) is 20.0. The second-order valence-corrected chi connectivity index (χ2v) is 7.99. The van der Waals surface area contributed by atoms with Gasteiger partial charge in [0.1, 0.15) is 11.1 Å². The number of hydrogen-bond donors (Lipinski definition) is 1. The van der Waals surface area contributed by atoms with Crippen LogP contribution in [0.15, 0.2) is 65.7 Å². The number of aryl methyl sites for hydroxylation is 2. The lowest BCUT2D eigenvalue weighted by Crippen LogP contribution is -2.14. The fourth-order valence-corrected chi connectivity index (χ4v) is 4.21.